The predicted octanol–water partition coefficient (Wildman–Crippen LogP) is 5.55. The van der Waals surface area contributed by atoms with Gasteiger partial charge in [0.25, 0.3) is 0 Å². The molecule has 1 N–H and O–H groups in total. The summed E-state index contributed by atoms with van der Waals surface area (Å²) in [5.74, 6) is 1.25. The third-order valence-corrected chi connectivity index (χ3v) is 7.33. The third-order valence-electron chi connectivity index (χ3n) is 7.33. The first-order valence-electron chi connectivity index (χ1n) is 13.6. The Hall–Kier alpha value is -4.49. The number of benzene rings is 4. The van der Waals surface area contributed by atoms with Gasteiger partial charge < -0.3 is 28.8 Å². The Labute approximate surface area is 240 Å². The van der Waals surface area contributed by atoms with Crippen LogP contribution in [0.2, 0.25) is 0 Å². The molecule has 0 saturated carbocycles. The molecule has 1 aliphatic heterocycles. The zero-order valence-corrected chi connectivity index (χ0v) is 23.2. The minimum atomic E-state index is -1.69. The van der Waals surface area contributed by atoms with Crippen LogP contribution >= 0.6 is 0 Å². The van der Waals surface area contributed by atoms with Crippen LogP contribution in [0.15, 0.2) is 97.1 Å². The van der Waals surface area contributed by atoms with Gasteiger partial charge in [-0.3, -0.25) is 0 Å². The van der Waals surface area contributed by atoms with Crippen LogP contribution in [0.3, 0.4) is 0 Å². The lowest BCUT2D eigenvalue weighted by Crippen LogP contribution is -2.44. The molecule has 0 aliphatic carbocycles. The lowest BCUT2D eigenvalue weighted by molar-refractivity contribution is -0.154. The Morgan fingerprint density at radius 2 is 1.22 bits per heavy atom. The smallest absolute Gasteiger partial charge is 0.338 e. The first-order chi connectivity index (χ1) is 20.0. The number of hydrogen-bond donors (Lipinski definition) is 1. The van der Waals surface area contributed by atoms with E-state index in [1.807, 2.05) is 84.9 Å². The molecule has 4 aromatic carbocycles. The summed E-state index contributed by atoms with van der Waals surface area (Å²) in [5, 5.41) is 11.6. The summed E-state index contributed by atoms with van der Waals surface area (Å²) in [4.78, 5) is 12.8. The number of ether oxygens (including phenoxy) is 5. The van der Waals surface area contributed by atoms with E-state index < -0.39 is 17.5 Å². The minimum Gasteiger partial charge on any atom is -0.493 e. The second kappa shape index (κ2) is 12.8. The van der Waals surface area contributed by atoms with Crippen molar-refractivity contribution in [1.29, 1.82) is 0 Å². The van der Waals surface area contributed by atoms with Crippen molar-refractivity contribution in [1.82, 2.24) is 0 Å². The number of carbonyl (C=O) groups is 1. The van der Waals surface area contributed by atoms with Crippen LogP contribution in [0, 0.1) is 5.92 Å². The first kappa shape index (κ1) is 28.1. The molecule has 1 saturated heterocycles. The Morgan fingerprint density at radius 3 is 1.76 bits per heavy atom. The number of hydrogen-bond acceptors (Lipinski definition) is 7. The summed E-state index contributed by atoms with van der Waals surface area (Å²) in [6, 6.07) is 30.8. The fourth-order valence-corrected chi connectivity index (χ4v) is 5.02. The van der Waals surface area contributed by atoms with E-state index in [0.29, 0.717) is 42.6 Å². The Kier molecular flexibility index (Phi) is 8.75. The molecule has 0 unspecified atom stereocenters. The maximum absolute atomic E-state index is 12.8. The number of esters is 1. The average Bonchev–Trinajstić information content (AvgIpc) is 3.28. The lowest BCUT2D eigenvalue weighted by Gasteiger charge is -2.26. The molecule has 0 amide bonds. The normalized spacial score (nSPS) is 18.0. The molecule has 5 rings (SSSR count). The van der Waals surface area contributed by atoms with Gasteiger partial charge in [-0.15, -0.1) is 0 Å². The Bertz CT molecular complexity index is 1450. The van der Waals surface area contributed by atoms with Gasteiger partial charge in [-0.05, 0) is 52.9 Å². The van der Waals surface area contributed by atoms with Crippen LogP contribution in [-0.4, -0.2) is 37.5 Å². The van der Waals surface area contributed by atoms with Crippen LogP contribution in [0.4, 0.5) is 0 Å². The van der Waals surface area contributed by atoms with Crippen molar-refractivity contribution in [2.75, 3.05) is 20.8 Å². The minimum absolute atomic E-state index is 0.0846. The van der Waals surface area contributed by atoms with Crippen molar-refractivity contribution in [2.45, 2.75) is 31.7 Å². The molecule has 0 radical (unpaired) electrons. The van der Waals surface area contributed by atoms with Crippen LogP contribution in [0.5, 0.6) is 23.0 Å². The standard InChI is InChI=1S/C34H34O7/c1-37-31-18-26(13-15-29(31)39-21-24-9-5-3-6-10-24)17-28-23-41-33(35)34(28,36)20-27-14-16-30(32(19-27)38-2)40-22-25-11-7-4-8-12-25/h3-16,18-19,28,36H,17,20-23H2,1-2H3/t28-,34-/m1/s1. The summed E-state index contributed by atoms with van der Waals surface area (Å²) < 4.78 is 28.4. The van der Waals surface area contributed by atoms with E-state index in [-0.39, 0.29) is 13.0 Å². The molecule has 1 aliphatic rings. The summed E-state index contributed by atoms with van der Waals surface area (Å²) >= 11 is 0. The van der Waals surface area contributed by atoms with Gasteiger partial charge >= 0.3 is 5.97 Å². The Morgan fingerprint density at radius 1 is 0.707 bits per heavy atom. The second-order valence-electron chi connectivity index (χ2n) is 10.1. The quantitative estimate of drug-likeness (QED) is 0.230. The monoisotopic (exact) mass is 554 g/mol. The summed E-state index contributed by atoms with van der Waals surface area (Å²) in [5.41, 5.74) is 2.04. The van der Waals surface area contributed by atoms with Crippen molar-refractivity contribution in [2.24, 2.45) is 5.92 Å². The van der Waals surface area contributed by atoms with E-state index in [4.69, 9.17) is 23.7 Å². The molecule has 1 fully saturated rings. The molecule has 0 spiro atoms. The van der Waals surface area contributed by atoms with E-state index in [1.165, 1.54) is 0 Å². The SMILES string of the molecule is COc1cc(C[C@@H]2COC(=O)[C@@]2(O)Cc2ccc(OCc3ccccc3)c(OC)c2)ccc1OCc1ccccc1. The van der Waals surface area contributed by atoms with Crippen molar-refractivity contribution < 1.29 is 33.6 Å². The highest BCUT2D eigenvalue weighted by Crippen LogP contribution is 2.37. The van der Waals surface area contributed by atoms with Crippen LogP contribution in [0.25, 0.3) is 0 Å². The van der Waals surface area contributed by atoms with Crippen LogP contribution in [-0.2, 0) is 35.6 Å². The molecule has 1 heterocycles. The molecule has 212 valence electrons. The highest BCUT2D eigenvalue weighted by molar-refractivity contribution is 5.82. The first-order valence-corrected chi connectivity index (χ1v) is 13.6. The van der Waals surface area contributed by atoms with Crippen LogP contribution < -0.4 is 18.9 Å². The predicted molar refractivity (Wildman–Crippen MR) is 154 cm³/mol. The summed E-state index contributed by atoms with van der Waals surface area (Å²) in [7, 11) is 3.16. The molecular formula is C34H34O7. The van der Waals surface area contributed by atoms with Crippen molar-refractivity contribution in [3.8, 4) is 23.0 Å². The fraction of sp³-hybridized carbons (Fsp3) is 0.265. The number of methoxy groups -OCH3 is 2. The highest BCUT2D eigenvalue weighted by Gasteiger charge is 2.51. The zero-order chi connectivity index (χ0) is 28.7. The number of aliphatic hydroxyl groups is 1. The van der Waals surface area contributed by atoms with Gasteiger partial charge in [-0.1, -0.05) is 72.8 Å². The molecule has 4 aromatic rings. The molecular weight excluding hydrogens is 520 g/mol. The topological polar surface area (TPSA) is 83.5 Å². The maximum atomic E-state index is 12.8. The van der Waals surface area contributed by atoms with E-state index in [2.05, 4.69) is 0 Å². The van der Waals surface area contributed by atoms with Crippen molar-refractivity contribution >= 4 is 5.97 Å². The van der Waals surface area contributed by atoms with Crippen LogP contribution in [0.1, 0.15) is 22.3 Å². The van der Waals surface area contributed by atoms with E-state index >= 15 is 0 Å². The van der Waals surface area contributed by atoms with E-state index in [9.17, 15) is 9.90 Å². The number of rotatable bonds is 12. The van der Waals surface area contributed by atoms with Crippen molar-refractivity contribution in [3.63, 3.8) is 0 Å². The van der Waals surface area contributed by atoms with E-state index in [1.54, 1.807) is 26.4 Å². The van der Waals surface area contributed by atoms with Gasteiger partial charge in [0, 0.05) is 12.3 Å². The summed E-state index contributed by atoms with van der Waals surface area (Å²) in [6.07, 6.45) is 0.508. The van der Waals surface area contributed by atoms with Gasteiger partial charge in [0.05, 0.1) is 20.8 Å². The largest absolute Gasteiger partial charge is 0.493 e. The molecule has 0 bridgehead atoms. The van der Waals surface area contributed by atoms with Gasteiger partial charge in [0.2, 0.25) is 0 Å². The number of cyclic esters (lactones) is 1. The molecule has 2 atom stereocenters. The van der Waals surface area contributed by atoms with Gasteiger partial charge in [-0.25, -0.2) is 4.79 Å². The maximum Gasteiger partial charge on any atom is 0.338 e. The Balaban J connectivity index is 1.27. The average molecular weight is 555 g/mol. The van der Waals surface area contributed by atoms with E-state index in [0.717, 1.165) is 22.3 Å². The van der Waals surface area contributed by atoms with Gasteiger partial charge in [-0.2, -0.15) is 0 Å². The molecule has 0 aromatic heterocycles. The number of carbonyl (C=O) groups excluding carboxylic acids is 1. The molecule has 41 heavy (non-hydrogen) atoms. The molecule has 7 heteroatoms. The zero-order valence-electron chi connectivity index (χ0n) is 23.2. The van der Waals surface area contributed by atoms with Gasteiger partial charge in [0.1, 0.15) is 13.2 Å². The second-order valence-corrected chi connectivity index (χ2v) is 10.1. The lowest BCUT2D eigenvalue weighted by atomic mass is 9.81. The fourth-order valence-electron chi connectivity index (χ4n) is 5.02. The third kappa shape index (κ3) is 6.64. The molecule has 7 nitrogen and oxygen atoms in total. The summed E-state index contributed by atoms with van der Waals surface area (Å²) in [6.45, 7) is 0.939. The highest BCUT2D eigenvalue weighted by atomic mass is 16.6. The van der Waals surface area contributed by atoms with Crippen molar-refractivity contribution in [3.05, 3.63) is 119 Å². The van der Waals surface area contributed by atoms with Gasteiger partial charge in [0.15, 0.2) is 28.6 Å².